The number of hydrogen-bond donors (Lipinski definition) is 1. The van der Waals surface area contributed by atoms with E-state index in [1.54, 1.807) is 44.6 Å². The molecular weight excluding hydrogens is 416 g/mol. The van der Waals surface area contributed by atoms with E-state index in [9.17, 15) is 13.2 Å². The van der Waals surface area contributed by atoms with Crippen molar-refractivity contribution in [2.24, 2.45) is 0 Å². The Morgan fingerprint density at radius 3 is 2.32 bits per heavy atom. The zero-order chi connectivity index (χ0) is 22.3. The van der Waals surface area contributed by atoms with E-state index in [-0.39, 0.29) is 10.7 Å². The van der Waals surface area contributed by atoms with Gasteiger partial charge >= 0.3 is 0 Å². The van der Waals surface area contributed by atoms with Gasteiger partial charge in [-0.25, -0.2) is 13.4 Å². The van der Waals surface area contributed by atoms with Gasteiger partial charge in [-0.3, -0.25) is 9.78 Å². The summed E-state index contributed by atoms with van der Waals surface area (Å²) >= 11 is 0. The van der Waals surface area contributed by atoms with Gasteiger partial charge in [-0.1, -0.05) is 13.8 Å². The standard InChI is InChI=1S/C22H24N4O4S/c1-3-26(4-2)31(28,29)19-9-7-18(8-10-19)22(27)25-21-20(6-5-13-24-21)30-16-17-11-14-23-15-12-17/h5-15H,3-4,16H2,1-2H3,(H,24,25,27). The largest absolute Gasteiger partial charge is 0.485 e. The number of carbonyl (C=O) groups excluding carboxylic acids is 1. The van der Waals surface area contributed by atoms with Crippen molar-refractivity contribution < 1.29 is 17.9 Å². The lowest BCUT2D eigenvalue weighted by Crippen LogP contribution is -2.30. The van der Waals surface area contributed by atoms with Crippen molar-refractivity contribution >= 4 is 21.7 Å². The third kappa shape index (κ3) is 5.44. The molecule has 2 heterocycles. The number of ether oxygens (including phenoxy) is 1. The average Bonchev–Trinajstić information content (AvgIpc) is 2.80. The Morgan fingerprint density at radius 2 is 1.68 bits per heavy atom. The average molecular weight is 441 g/mol. The van der Waals surface area contributed by atoms with Crippen molar-refractivity contribution in [1.82, 2.24) is 14.3 Å². The number of rotatable bonds is 9. The van der Waals surface area contributed by atoms with E-state index in [0.717, 1.165) is 5.56 Å². The number of aromatic nitrogens is 2. The highest BCUT2D eigenvalue weighted by Crippen LogP contribution is 2.23. The molecule has 0 aliphatic carbocycles. The van der Waals surface area contributed by atoms with Crippen LogP contribution in [0.2, 0.25) is 0 Å². The predicted molar refractivity (Wildman–Crippen MR) is 117 cm³/mol. The van der Waals surface area contributed by atoms with Crippen LogP contribution in [0.25, 0.3) is 0 Å². The van der Waals surface area contributed by atoms with Gasteiger partial charge < -0.3 is 10.1 Å². The lowest BCUT2D eigenvalue weighted by atomic mass is 10.2. The van der Waals surface area contributed by atoms with Crippen LogP contribution in [0.15, 0.2) is 72.0 Å². The summed E-state index contributed by atoms with van der Waals surface area (Å²) in [4.78, 5) is 21.0. The molecule has 8 nitrogen and oxygen atoms in total. The zero-order valence-electron chi connectivity index (χ0n) is 17.4. The van der Waals surface area contributed by atoms with Crippen LogP contribution in [0, 0.1) is 0 Å². The van der Waals surface area contributed by atoms with Gasteiger partial charge in [-0.15, -0.1) is 0 Å². The van der Waals surface area contributed by atoms with Gasteiger partial charge in [0.05, 0.1) is 4.90 Å². The van der Waals surface area contributed by atoms with Gasteiger partial charge in [-0.2, -0.15) is 4.31 Å². The fourth-order valence-electron chi connectivity index (χ4n) is 2.91. The number of nitrogens with zero attached hydrogens (tertiary/aromatic N) is 3. The Kier molecular flexibility index (Phi) is 7.32. The molecule has 1 amide bonds. The molecular formula is C22H24N4O4S. The second-order valence-corrected chi connectivity index (χ2v) is 8.50. The lowest BCUT2D eigenvalue weighted by molar-refractivity contribution is 0.102. The molecule has 1 aromatic carbocycles. The molecule has 0 saturated heterocycles. The number of anilines is 1. The molecule has 3 aromatic rings. The number of nitrogens with one attached hydrogen (secondary N) is 1. The molecule has 162 valence electrons. The second kappa shape index (κ2) is 10.1. The van der Waals surface area contributed by atoms with Crippen molar-refractivity contribution in [3.05, 3.63) is 78.2 Å². The van der Waals surface area contributed by atoms with Crippen LogP contribution in [0.4, 0.5) is 5.82 Å². The summed E-state index contributed by atoms with van der Waals surface area (Å²) in [6.07, 6.45) is 4.90. The molecule has 3 rings (SSSR count). The molecule has 31 heavy (non-hydrogen) atoms. The highest BCUT2D eigenvalue weighted by Gasteiger charge is 2.22. The maximum Gasteiger partial charge on any atom is 0.256 e. The topological polar surface area (TPSA) is 101 Å². The number of carbonyl (C=O) groups is 1. The molecule has 0 radical (unpaired) electrons. The van der Waals surface area contributed by atoms with Crippen LogP contribution in [-0.2, 0) is 16.6 Å². The summed E-state index contributed by atoms with van der Waals surface area (Å²) in [6.45, 7) is 4.62. The molecule has 0 fully saturated rings. The highest BCUT2D eigenvalue weighted by atomic mass is 32.2. The Balaban J connectivity index is 1.72. The van der Waals surface area contributed by atoms with Crippen LogP contribution in [0.1, 0.15) is 29.8 Å². The number of hydrogen-bond acceptors (Lipinski definition) is 6. The van der Waals surface area contributed by atoms with Gasteiger partial charge in [0.2, 0.25) is 10.0 Å². The molecule has 0 aliphatic rings. The molecule has 0 atom stereocenters. The zero-order valence-corrected chi connectivity index (χ0v) is 18.2. The van der Waals surface area contributed by atoms with E-state index in [1.807, 2.05) is 12.1 Å². The van der Waals surface area contributed by atoms with Gasteiger partial charge in [0.25, 0.3) is 5.91 Å². The van der Waals surface area contributed by atoms with E-state index in [4.69, 9.17) is 4.74 Å². The highest BCUT2D eigenvalue weighted by molar-refractivity contribution is 7.89. The molecule has 2 aromatic heterocycles. The van der Waals surface area contributed by atoms with Crippen molar-refractivity contribution in [1.29, 1.82) is 0 Å². The smallest absolute Gasteiger partial charge is 0.256 e. The first-order chi connectivity index (χ1) is 15.0. The summed E-state index contributed by atoms with van der Waals surface area (Å²) < 4.78 is 32.3. The normalized spacial score (nSPS) is 11.3. The Labute approximate surface area is 182 Å². The van der Waals surface area contributed by atoms with Crippen LogP contribution < -0.4 is 10.1 Å². The minimum absolute atomic E-state index is 0.145. The Morgan fingerprint density at radius 1 is 1.00 bits per heavy atom. The minimum atomic E-state index is -3.58. The quantitative estimate of drug-likeness (QED) is 0.548. The summed E-state index contributed by atoms with van der Waals surface area (Å²) in [7, 11) is -3.58. The van der Waals surface area contributed by atoms with Crippen LogP contribution in [0.5, 0.6) is 5.75 Å². The molecule has 1 N–H and O–H groups in total. The van der Waals surface area contributed by atoms with Gasteiger partial charge in [0.15, 0.2) is 11.6 Å². The SMILES string of the molecule is CCN(CC)S(=O)(=O)c1ccc(C(=O)Nc2ncccc2OCc2ccncc2)cc1. The van der Waals surface area contributed by atoms with E-state index >= 15 is 0 Å². The monoisotopic (exact) mass is 440 g/mol. The van der Waals surface area contributed by atoms with Crippen LogP contribution >= 0.6 is 0 Å². The second-order valence-electron chi connectivity index (χ2n) is 6.56. The number of amides is 1. The van der Waals surface area contributed by atoms with Crippen molar-refractivity contribution in [3.63, 3.8) is 0 Å². The number of pyridine rings is 2. The van der Waals surface area contributed by atoms with Crippen molar-refractivity contribution in [2.45, 2.75) is 25.3 Å². The molecule has 9 heteroatoms. The third-order valence-corrected chi connectivity index (χ3v) is 6.67. The summed E-state index contributed by atoms with van der Waals surface area (Å²) in [5.41, 5.74) is 1.24. The minimum Gasteiger partial charge on any atom is -0.485 e. The maximum absolute atomic E-state index is 12.7. The molecule has 0 bridgehead atoms. The first kappa shape index (κ1) is 22.4. The lowest BCUT2D eigenvalue weighted by Gasteiger charge is -2.18. The number of benzene rings is 1. The summed E-state index contributed by atoms with van der Waals surface area (Å²) in [5.74, 6) is 0.286. The summed E-state index contributed by atoms with van der Waals surface area (Å²) in [5, 5.41) is 2.72. The first-order valence-electron chi connectivity index (χ1n) is 9.84. The number of sulfonamides is 1. The van der Waals surface area contributed by atoms with Gasteiger partial charge in [0.1, 0.15) is 6.61 Å². The van der Waals surface area contributed by atoms with Crippen LogP contribution in [-0.4, -0.2) is 41.7 Å². The molecule has 0 spiro atoms. The Hall–Kier alpha value is -3.30. The fraction of sp³-hybridized carbons (Fsp3) is 0.227. The fourth-order valence-corrected chi connectivity index (χ4v) is 4.37. The van der Waals surface area contributed by atoms with Gasteiger partial charge in [0, 0.05) is 37.2 Å². The van der Waals surface area contributed by atoms with Crippen molar-refractivity contribution in [2.75, 3.05) is 18.4 Å². The molecule has 0 aliphatic heterocycles. The molecule has 0 unspecified atom stereocenters. The first-order valence-corrected chi connectivity index (χ1v) is 11.3. The van der Waals surface area contributed by atoms with E-state index < -0.39 is 15.9 Å². The van der Waals surface area contributed by atoms with Crippen molar-refractivity contribution in [3.8, 4) is 5.75 Å². The van der Waals surface area contributed by atoms with E-state index in [1.165, 1.54) is 28.6 Å². The van der Waals surface area contributed by atoms with E-state index in [2.05, 4.69) is 15.3 Å². The maximum atomic E-state index is 12.7. The van der Waals surface area contributed by atoms with Gasteiger partial charge in [-0.05, 0) is 54.1 Å². The predicted octanol–water partition coefficient (Wildman–Crippen LogP) is 3.34. The van der Waals surface area contributed by atoms with E-state index in [0.29, 0.717) is 31.0 Å². The molecule has 0 saturated carbocycles. The Bertz CT molecular complexity index is 1120. The summed E-state index contributed by atoms with van der Waals surface area (Å²) in [6, 6.07) is 12.9. The third-order valence-electron chi connectivity index (χ3n) is 4.61. The van der Waals surface area contributed by atoms with Crippen LogP contribution in [0.3, 0.4) is 0 Å².